The zero-order valence-electron chi connectivity index (χ0n) is 9.05. The number of benzene rings is 1. The van der Waals surface area contributed by atoms with Crippen molar-refractivity contribution in [2.24, 2.45) is 0 Å². The van der Waals surface area contributed by atoms with Crippen LogP contribution in [-0.4, -0.2) is 19.9 Å². The van der Waals surface area contributed by atoms with Crippen molar-refractivity contribution in [2.45, 2.75) is 26.5 Å². The van der Waals surface area contributed by atoms with Crippen molar-refractivity contribution in [1.29, 1.82) is 0 Å². The van der Waals surface area contributed by atoms with Gasteiger partial charge in [0.25, 0.3) is 0 Å². The molecule has 74 valence electrons. The molecule has 2 rings (SSSR count). The number of aryl methyl sites for hydroxylation is 2. The van der Waals surface area contributed by atoms with Gasteiger partial charge in [-0.05, 0) is 37.6 Å². The van der Waals surface area contributed by atoms with E-state index >= 15 is 0 Å². The number of hydrogen-bond acceptors (Lipinski definition) is 1. The van der Waals surface area contributed by atoms with Crippen molar-refractivity contribution < 1.29 is 4.74 Å². The summed E-state index contributed by atoms with van der Waals surface area (Å²) in [6.45, 7) is 6.94. The Balaban J connectivity index is 2.18. The fraction of sp³-hybridized carbons (Fsp3) is 0.500. The van der Waals surface area contributed by atoms with Crippen LogP contribution in [0.1, 0.15) is 11.1 Å². The summed E-state index contributed by atoms with van der Waals surface area (Å²) in [4.78, 5) is 0. The molecule has 0 spiro atoms. The summed E-state index contributed by atoms with van der Waals surface area (Å²) in [6, 6.07) is 6.85. The highest BCUT2D eigenvalue weighted by atomic mass is 16.5. The predicted octanol–water partition coefficient (Wildman–Crippen LogP) is 2.04. The SMILES string of the molecule is Cc1ccc(B2CCOCC2)cc1C. The summed E-state index contributed by atoms with van der Waals surface area (Å²) < 4.78 is 5.38. The van der Waals surface area contributed by atoms with E-state index in [1.165, 1.54) is 29.2 Å². The Morgan fingerprint density at radius 3 is 2.43 bits per heavy atom. The van der Waals surface area contributed by atoms with Crippen molar-refractivity contribution in [2.75, 3.05) is 13.2 Å². The van der Waals surface area contributed by atoms with E-state index < -0.39 is 0 Å². The van der Waals surface area contributed by atoms with Gasteiger partial charge >= 0.3 is 0 Å². The molecular weight excluding hydrogens is 171 g/mol. The van der Waals surface area contributed by atoms with E-state index in [1.54, 1.807) is 0 Å². The van der Waals surface area contributed by atoms with Gasteiger partial charge in [0.05, 0.1) is 0 Å². The minimum Gasteiger partial charge on any atom is -0.383 e. The first-order valence-corrected chi connectivity index (χ1v) is 5.42. The molecule has 0 bridgehead atoms. The third-order valence-corrected chi connectivity index (χ3v) is 3.22. The quantitative estimate of drug-likeness (QED) is 0.612. The van der Waals surface area contributed by atoms with Gasteiger partial charge in [-0.1, -0.05) is 23.7 Å². The molecule has 0 aromatic heterocycles. The number of rotatable bonds is 1. The van der Waals surface area contributed by atoms with Crippen LogP contribution in [0.25, 0.3) is 0 Å². The topological polar surface area (TPSA) is 9.23 Å². The summed E-state index contributed by atoms with van der Waals surface area (Å²) in [6.07, 6.45) is 2.37. The van der Waals surface area contributed by atoms with Gasteiger partial charge in [-0.3, -0.25) is 0 Å². The molecule has 0 saturated carbocycles. The molecule has 0 amide bonds. The van der Waals surface area contributed by atoms with E-state index in [1.807, 2.05) is 0 Å². The largest absolute Gasteiger partial charge is 0.383 e. The lowest BCUT2D eigenvalue weighted by Gasteiger charge is -2.20. The Kier molecular flexibility index (Phi) is 2.92. The third kappa shape index (κ3) is 2.01. The highest BCUT2D eigenvalue weighted by Gasteiger charge is 2.19. The Hall–Kier alpha value is -0.755. The Bertz CT molecular complexity index is 316. The lowest BCUT2D eigenvalue weighted by molar-refractivity contribution is 0.151. The fourth-order valence-electron chi connectivity index (χ4n) is 2.05. The molecule has 14 heavy (non-hydrogen) atoms. The van der Waals surface area contributed by atoms with E-state index in [4.69, 9.17) is 4.74 Å². The first-order chi connectivity index (χ1) is 6.77. The second-order valence-electron chi connectivity index (χ2n) is 4.23. The number of ether oxygens (including phenoxy) is 1. The standard InChI is InChI=1S/C12H17BO/c1-10-3-4-12(9-11(10)2)13-5-7-14-8-6-13/h3-4,9H,5-8H2,1-2H3. The highest BCUT2D eigenvalue weighted by molar-refractivity contribution is 6.73. The van der Waals surface area contributed by atoms with E-state index in [2.05, 4.69) is 32.0 Å². The van der Waals surface area contributed by atoms with Crippen LogP contribution in [0, 0.1) is 13.8 Å². The van der Waals surface area contributed by atoms with Crippen molar-refractivity contribution in [1.82, 2.24) is 0 Å². The van der Waals surface area contributed by atoms with E-state index in [9.17, 15) is 0 Å². The summed E-state index contributed by atoms with van der Waals surface area (Å²) >= 11 is 0. The van der Waals surface area contributed by atoms with Crippen molar-refractivity contribution in [3.05, 3.63) is 29.3 Å². The van der Waals surface area contributed by atoms with Crippen molar-refractivity contribution in [3.63, 3.8) is 0 Å². The van der Waals surface area contributed by atoms with E-state index in [0.29, 0.717) is 0 Å². The Morgan fingerprint density at radius 1 is 1.07 bits per heavy atom. The molecule has 1 saturated heterocycles. The molecule has 1 aliphatic heterocycles. The first-order valence-electron chi connectivity index (χ1n) is 5.42. The minimum absolute atomic E-state index is 0.725. The van der Waals surface area contributed by atoms with Crippen LogP contribution in [0.15, 0.2) is 18.2 Å². The predicted molar refractivity (Wildman–Crippen MR) is 61.7 cm³/mol. The number of hydrogen-bond donors (Lipinski definition) is 0. The van der Waals surface area contributed by atoms with Crippen LogP contribution < -0.4 is 5.46 Å². The first kappa shape index (κ1) is 9.79. The molecule has 2 heteroatoms. The lowest BCUT2D eigenvalue weighted by atomic mass is 9.40. The highest BCUT2D eigenvalue weighted by Crippen LogP contribution is 2.10. The van der Waals surface area contributed by atoms with Crippen LogP contribution in [0.5, 0.6) is 0 Å². The average molecular weight is 188 g/mol. The minimum atomic E-state index is 0.725. The molecule has 1 aromatic carbocycles. The van der Waals surface area contributed by atoms with Crippen LogP contribution >= 0.6 is 0 Å². The molecule has 0 atom stereocenters. The van der Waals surface area contributed by atoms with Gasteiger partial charge in [-0.25, -0.2) is 0 Å². The summed E-state index contributed by atoms with van der Waals surface area (Å²) in [5.41, 5.74) is 4.30. The van der Waals surface area contributed by atoms with Gasteiger partial charge in [-0.15, -0.1) is 0 Å². The smallest absolute Gasteiger partial charge is 0.180 e. The van der Waals surface area contributed by atoms with Gasteiger partial charge in [-0.2, -0.15) is 0 Å². The van der Waals surface area contributed by atoms with Gasteiger partial charge in [0, 0.05) is 13.2 Å². The zero-order valence-corrected chi connectivity index (χ0v) is 9.05. The second-order valence-corrected chi connectivity index (χ2v) is 4.23. The zero-order chi connectivity index (χ0) is 9.97. The van der Waals surface area contributed by atoms with Gasteiger partial charge < -0.3 is 4.74 Å². The maximum absolute atomic E-state index is 5.38. The molecule has 1 fully saturated rings. The van der Waals surface area contributed by atoms with Gasteiger partial charge in [0.2, 0.25) is 0 Å². The van der Waals surface area contributed by atoms with Crippen LogP contribution in [0.4, 0.5) is 0 Å². The molecule has 0 N–H and O–H groups in total. The summed E-state index contributed by atoms with van der Waals surface area (Å²) in [5, 5.41) is 0. The third-order valence-electron chi connectivity index (χ3n) is 3.22. The Morgan fingerprint density at radius 2 is 1.79 bits per heavy atom. The van der Waals surface area contributed by atoms with Crippen LogP contribution in [0.3, 0.4) is 0 Å². The molecule has 1 heterocycles. The summed E-state index contributed by atoms with van der Waals surface area (Å²) in [7, 11) is 0. The fourth-order valence-corrected chi connectivity index (χ4v) is 2.05. The molecule has 0 radical (unpaired) electrons. The van der Waals surface area contributed by atoms with Crippen molar-refractivity contribution in [3.8, 4) is 0 Å². The molecular formula is C12H17BO. The second kappa shape index (κ2) is 4.18. The molecule has 1 aromatic rings. The van der Waals surface area contributed by atoms with E-state index in [-0.39, 0.29) is 0 Å². The van der Waals surface area contributed by atoms with Gasteiger partial charge in [0.15, 0.2) is 6.71 Å². The molecule has 0 aliphatic carbocycles. The maximum Gasteiger partial charge on any atom is 0.180 e. The molecule has 0 unspecified atom stereocenters. The van der Waals surface area contributed by atoms with Gasteiger partial charge in [0.1, 0.15) is 0 Å². The Labute approximate surface area is 86.6 Å². The molecule has 1 nitrogen and oxygen atoms in total. The lowest BCUT2D eigenvalue weighted by Crippen LogP contribution is -2.35. The van der Waals surface area contributed by atoms with E-state index in [0.717, 1.165) is 19.9 Å². The van der Waals surface area contributed by atoms with Crippen LogP contribution in [-0.2, 0) is 4.74 Å². The van der Waals surface area contributed by atoms with Crippen molar-refractivity contribution >= 4 is 12.2 Å². The average Bonchev–Trinajstić information content (AvgIpc) is 2.23. The monoisotopic (exact) mass is 188 g/mol. The summed E-state index contributed by atoms with van der Waals surface area (Å²) in [5.74, 6) is 0. The maximum atomic E-state index is 5.38. The van der Waals surface area contributed by atoms with Crippen LogP contribution in [0.2, 0.25) is 12.6 Å². The molecule has 1 aliphatic rings. The normalized spacial score (nSPS) is 17.1.